The largest absolute Gasteiger partial charge is 0.379 e. The molecule has 3 heterocycles. The van der Waals surface area contributed by atoms with Crippen molar-refractivity contribution in [3.63, 3.8) is 0 Å². The predicted octanol–water partition coefficient (Wildman–Crippen LogP) is 5.52. The zero-order valence-corrected chi connectivity index (χ0v) is 20.0. The Morgan fingerprint density at radius 1 is 1.17 bits per heavy atom. The van der Waals surface area contributed by atoms with Gasteiger partial charge in [-0.05, 0) is 55.0 Å². The fourth-order valence-corrected chi connectivity index (χ4v) is 4.82. The molecule has 0 aliphatic heterocycles. The third-order valence-corrected chi connectivity index (χ3v) is 7.01. The van der Waals surface area contributed by atoms with E-state index in [0.717, 1.165) is 17.0 Å². The Hall–Kier alpha value is -3.98. The van der Waals surface area contributed by atoms with E-state index in [1.807, 2.05) is 12.3 Å². The van der Waals surface area contributed by atoms with Crippen molar-refractivity contribution in [2.24, 2.45) is 5.92 Å². The van der Waals surface area contributed by atoms with Gasteiger partial charge in [0.2, 0.25) is 5.91 Å². The van der Waals surface area contributed by atoms with Crippen LogP contribution in [0.15, 0.2) is 61.1 Å². The highest BCUT2D eigenvalue weighted by Crippen LogP contribution is 2.51. The minimum atomic E-state index is -0.440. The third-order valence-electron chi connectivity index (χ3n) is 6.77. The number of amides is 1. The first-order valence-corrected chi connectivity index (χ1v) is 12.2. The first-order valence-electron chi connectivity index (χ1n) is 11.9. The van der Waals surface area contributed by atoms with Crippen molar-refractivity contribution in [3.8, 4) is 0 Å². The zero-order chi connectivity index (χ0) is 24.8. The van der Waals surface area contributed by atoms with E-state index in [0.29, 0.717) is 35.3 Å². The second kappa shape index (κ2) is 8.91. The van der Waals surface area contributed by atoms with Crippen LogP contribution in [0.5, 0.6) is 0 Å². The van der Waals surface area contributed by atoms with Crippen molar-refractivity contribution < 1.29 is 9.72 Å². The van der Waals surface area contributed by atoms with Crippen molar-refractivity contribution in [2.45, 2.75) is 37.6 Å². The Morgan fingerprint density at radius 3 is 2.83 bits per heavy atom. The predicted molar refractivity (Wildman–Crippen MR) is 136 cm³/mol. The molecule has 182 valence electrons. The number of hydrogen-bond donors (Lipinski definition) is 2. The summed E-state index contributed by atoms with van der Waals surface area (Å²) in [5.74, 6) is 0.293. The van der Waals surface area contributed by atoms with Gasteiger partial charge in [0.05, 0.1) is 17.2 Å². The maximum atomic E-state index is 12.8. The van der Waals surface area contributed by atoms with Crippen LogP contribution in [0, 0.1) is 16.0 Å². The van der Waals surface area contributed by atoms with E-state index in [-0.39, 0.29) is 23.4 Å². The van der Waals surface area contributed by atoms with Gasteiger partial charge in [0.15, 0.2) is 0 Å². The quantitative estimate of drug-likeness (QED) is 0.242. The second-order valence-corrected chi connectivity index (χ2v) is 9.85. The number of hydrogen-bond acceptors (Lipinski definition) is 6. The van der Waals surface area contributed by atoms with E-state index in [4.69, 9.17) is 11.6 Å². The maximum Gasteiger partial charge on any atom is 0.272 e. The van der Waals surface area contributed by atoms with Crippen molar-refractivity contribution >= 4 is 40.3 Å². The van der Waals surface area contributed by atoms with E-state index in [1.54, 1.807) is 18.3 Å². The van der Waals surface area contributed by atoms with Gasteiger partial charge in [-0.1, -0.05) is 17.7 Å². The van der Waals surface area contributed by atoms with Crippen molar-refractivity contribution in [2.75, 3.05) is 10.6 Å². The Kier molecular flexibility index (Phi) is 5.56. The number of fused-ring (bicyclic) bond motifs is 1. The monoisotopic (exact) mass is 502 g/mol. The number of nitrogens with zero attached hydrogens (tertiary/aromatic N) is 4. The minimum absolute atomic E-state index is 0.0141. The molecular formula is C26H23ClN6O3. The molecule has 10 heteroatoms. The average Bonchev–Trinajstić information content (AvgIpc) is 3.78. The minimum Gasteiger partial charge on any atom is -0.379 e. The van der Waals surface area contributed by atoms with Gasteiger partial charge in [0.25, 0.3) is 5.69 Å². The Labute approximate surface area is 211 Å². The smallest absolute Gasteiger partial charge is 0.272 e. The molecule has 2 atom stereocenters. The fraction of sp³-hybridized carbons (Fsp3) is 0.269. The molecule has 3 aromatic heterocycles. The number of nitro benzene ring substituents is 1. The summed E-state index contributed by atoms with van der Waals surface area (Å²) in [7, 11) is 0. The molecule has 0 radical (unpaired) electrons. The summed E-state index contributed by atoms with van der Waals surface area (Å²) in [4.78, 5) is 32.7. The van der Waals surface area contributed by atoms with E-state index in [1.165, 1.54) is 30.5 Å². The molecule has 0 bridgehead atoms. The van der Waals surface area contributed by atoms with Gasteiger partial charge in [-0.3, -0.25) is 14.9 Å². The van der Waals surface area contributed by atoms with Crippen LogP contribution in [0.3, 0.4) is 0 Å². The standard InChI is InChI=1S/C26H23ClN6O3/c27-17-4-5-23(33(35)36)21(9-17)20-11-22(20)26(34)31-24-10-18(7-8-28-24)29-12-19-14-32-13-16(15-1-2-15)3-6-25(32)30-19/h3-10,13-15,20,22H,1-2,11-12H2,(H2,28,29,31,34). The SMILES string of the molecule is O=C(Nc1cc(NCc2cn3cc(C4CC4)ccc3n2)ccn1)C1CC1c1cc(Cl)ccc1[N+](=O)[O-]. The molecule has 36 heavy (non-hydrogen) atoms. The molecule has 2 aliphatic rings. The van der Waals surface area contributed by atoms with Crippen LogP contribution in [0.4, 0.5) is 17.2 Å². The number of imidazole rings is 1. The van der Waals surface area contributed by atoms with E-state index < -0.39 is 4.92 Å². The molecule has 2 saturated carbocycles. The molecule has 6 rings (SSSR count). The molecule has 9 nitrogen and oxygen atoms in total. The van der Waals surface area contributed by atoms with Crippen LogP contribution in [-0.2, 0) is 11.3 Å². The Bertz CT molecular complexity index is 1500. The van der Waals surface area contributed by atoms with Crippen molar-refractivity contribution in [1.29, 1.82) is 0 Å². The molecule has 4 aromatic rings. The van der Waals surface area contributed by atoms with E-state index >= 15 is 0 Å². The summed E-state index contributed by atoms with van der Waals surface area (Å²) in [6.45, 7) is 0.529. The number of nitrogens with one attached hydrogen (secondary N) is 2. The number of carbonyl (C=O) groups excluding carboxylic acids is 1. The van der Waals surface area contributed by atoms with Gasteiger partial charge >= 0.3 is 0 Å². The lowest BCUT2D eigenvalue weighted by molar-refractivity contribution is -0.385. The summed E-state index contributed by atoms with van der Waals surface area (Å²) in [6.07, 6.45) is 8.86. The van der Waals surface area contributed by atoms with Crippen molar-refractivity contribution in [1.82, 2.24) is 14.4 Å². The lowest BCUT2D eigenvalue weighted by Crippen LogP contribution is -2.16. The maximum absolute atomic E-state index is 12.8. The second-order valence-electron chi connectivity index (χ2n) is 9.42. The highest BCUT2D eigenvalue weighted by Gasteiger charge is 2.47. The number of carbonyl (C=O) groups is 1. The van der Waals surface area contributed by atoms with Gasteiger partial charge in [0, 0.05) is 58.8 Å². The zero-order valence-electron chi connectivity index (χ0n) is 19.2. The number of anilines is 2. The Balaban J connectivity index is 1.09. The van der Waals surface area contributed by atoms with E-state index in [2.05, 4.69) is 43.3 Å². The number of nitro groups is 1. The third kappa shape index (κ3) is 4.61. The number of halogens is 1. The van der Waals surface area contributed by atoms with Gasteiger partial charge in [-0.25, -0.2) is 9.97 Å². The summed E-state index contributed by atoms with van der Waals surface area (Å²) >= 11 is 6.04. The molecular weight excluding hydrogens is 480 g/mol. The summed E-state index contributed by atoms with van der Waals surface area (Å²) in [5.41, 5.74) is 4.46. The molecule has 2 N–H and O–H groups in total. The van der Waals surface area contributed by atoms with E-state index in [9.17, 15) is 14.9 Å². The molecule has 1 amide bonds. The Morgan fingerprint density at radius 2 is 2.03 bits per heavy atom. The van der Waals surface area contributed by atoms with Gasteiger partial charge in [-0.2, -0.15) is 0 Å². The summed E-state index contributed by atoms with van der Waals surface area (Å²) in [6, 6.07) is 12.2. The van der Waals surface area contributed by atoms with Gasteiger partial charge < -0.3 is 15.0 Å². The summed E-state index contributed by atoms with van der Waals surface area (Å²) in [5, 5.41) is 18.0. The van der Waals surface area contributed by atoms with Crippen LogP contribution in [0.2, 0.25) is 5.02 Å². The highest BCUT2D eigenvalue weighted by atomic mass is 35.5. The first-order chi connectivity index (χ1) is 17.4. The highest BCUT2D eigenvalue weighted by molar-refractivity contribution is 6.30. The summed E-state index contributed by atoms with van der Waals surface area (Å²) < 4.78 is 2.07. The number of pyridine rings is 2. The first kappa shape index (κ1) is 22.5. The molecule has 2 fully saturated rings. The number of rotatable bonds is 8. The fourth-order valence-electron chi connectivity index (χ4n) is 4.64. The van der Waals surface area contributed by atoms with Crippen LogP contribution in [0.25, 0.3) is 5.65 Å². The topological polar surface area (TPSA) is 114 Å². The van der Waals surface area contributed by atoms with Crippen LogP contribution in [0.1, 0.15) is 47.9 Å². The molecule has 0 saturated heterocycles. The lowest BCUT2D eigenvalue weighted by atomic mass is 10.1. The van der Waals surface area contributed by atoms with Crippen LogP contribution >= 0.6 is 11.6 Å². The van der Waals surface area contributed by atoms with Gasteiger partial charge in [0.1, 0.15) is 11.5 Å². The number of aromatic nitrogens is 3. The molecule has 0 spiro atoms. The molecule has 2 unspecified atom stereocenters. The van der Waals surface area contributed by atoms with Gasteiger partial charge in [-0.15, -0.1) is 0 Å². The molecule has 1 aromatic carbocycles. The number of benzene rings is 1. The molecule has 2 aliphatic carbocycles. The lowest BCUT2D eigenvalue weighted by Gasteiger charge is -2.08. The van der Waals surface area contributed by atoms with Crippen LogP contribution in [-0.4, -0.2) is 25.2 Å². The van der Waals surface area contributed by atoms with Crippen LogP contribution < -0.4 is 10.6 Å². The van der Waals surface area contributed by atoms with Crippen molar-refractivity contribution in [3.05, 3.63) is 93.0 Å². The normalized spacial score (nSPS) is 18.7. The average molecular weight is 503 g/mol.